The molecule has 1 atom stereocenters. The molecule has 14 heteroatoms. The van der Waals surface area contributed by atoms with Crippen LogP contribution in [0, 0.1) is 17.1 Å². The molecule has 1 amide bonds. The monoisotopic (exact) mass is 701 g/mol. The van der Waals surface area contributed by atoms with E-state index in [0.29, 0.717) is 60.2 Å². The molecule has 0 spiro atoms. The van der Waals surface area contributed by atoms with Crippen molar-refractivity contribution in [2.24, 2.45) is 0 Å². The van der Waals surface area contributed by atoms with E-state index >= 15 is 4.39 Å². The second-order valence-electron chi connectivity index (χ2n) is 13.4. The van der Waals surface area contributed by atoms with Crippen molar-refractivity contribution >= 4 is 35.2 Å². The second kappa shape index (κ2) is 14.7. The summed E-state index contributed by atoms with van der Waals surface area (Å²) in [6, 6.07) is 16.2. The fraction of sp³-hybridized carbons (Fsp3) is 0.417. The molecule has 3 aliphatic heterocycles. The number of carbonyl (C=O) groups is 1. The summed E-state index contributed by atoms with van der Waals surface area (Å²) >= 11 is 0. The first-order valence-corrected chi connectivity index (χ1v) is 16.7. The van der Waals surface area contributed by atoms with E-state index in [1.165, 1.54) is 12.4 Å². The van der Waals surface area contributed by atoms with Crippen LogP contribution in [0.3, 0.4) is 0 Å². The smallest absolute Gasteiger partial charge is 0.264 e. The third kappa shape index (κ3) is 7.02. The lowest BCUT2D eigenvalue weighted by molar-refractivity contribution is -0.128. The number of carbonyl (C=O) groups excluding carboxylic acids is 1. The Morgan fingerprint density at radius 2 is 1.82 bits per heavy atom. The minimum absolute atomic E-state index is 0. The number of nitrogen functional groups attached to an aromatic ring is 1. The summed E-state index contributed by atoms with van der Waals surface area (Å²) in [5.74, 6) is 0.273. The molecule has 3 saturated heterocycles. The van der Waals surface area contributed by atoms with Crippen molar-refractivity contribution in [3.63, 3.8) is 0 Å². The molecule has 262 valence electrons. The number of aromatic nitrogens is 4. The zero-order valence-corrected chi connectivity index (χ0v) is 29.0. The van der Waals surface area contributed by atoms with Crippen molar-refractivity contribution in [2.75, 3.05) is 58.2 Å². The molecule has 50 heavy (non-hydrogen) atoms. The number of fused-ring (bicyclic) bond motifs is 1. The molecule has 0 bridgehead atoms. The number of anilines is 1. The molecular weight excluding hydrogens is 661 g/mol. The van der Waals surface area contributed by atoms with Crippen LogP contribution in [0.2, 0.25) is 0 Å². The average molecular weight is 702 g/mol. The van der Waals surface area contributed by atoms with E-state index in [-0.39, 0.29) is 41.3 Å². The topological polar surface area (TPSA) is 139 Å². The Morgan fingerprint density at radius 3 is 2.50 bits per heavy atom. The molecule has 7 rings (SSSR count). The summed E-state index contributed by atoms with van der Waals surface area (Å²) in [4.78, 5) is 29.0. The lowest BCUT2D eigenvalue weighted by Gasteiger charge is -2.46. The lowest BCUT2D eigenvalue weighted by Crippen LogP contribution is -2.59. The molecule has 0 aliphatic carbocycles. The van der Waals surface area contributed by atoms with E-state index in [9.17, 15) is 10.1 Å². The Hall–Kier alpha value is -4.61. The molecule has 0 saturated carbocycles. The van der Waals surface area contributed by atoms with Gasteiger partial charge in [0.15, 0.2) is 5.65 Å². The Morgan fingerprint density at radius 1 is 1.06 bits per heavy atom. The van der Waals surface area contributed by atoms with Gasteiger partial charge in [0.2, 0.25) is 0 Å². The van der Waals surface area contributed by atoms with Crippen LogP contribution in [0.5, 0.6) is 11.5 Å². The van der Waals surface area contributed by atoms with Crippen molar-refractivity contribution in [3.05, 3.63) is 72.3 Å². The van der Waals surface area contributed by atoms with Crippen LogP contribution in [-0.4, -0.2) is 104 Å². The number of hydrogen-bond donors (Lipinski definition) is 1. The van der Waals surface area contributed by atoms with Crippen molar-refractivity contribution in [1.82, 2.24) is 34.4 Å². The maximum absolute atomic E-state index is 15.7. The quantitative estimate of drug-likeness (QED) is 0.201. The number of nitrogens with zero attached hydrogens (tertiary/aromatic N) is 8. The Kier molecular flexibility index (Phi) is 10.4. The van der Waals surface area contributed by atoms with Gasteiger partial charge in [0.25, 0.3) is 5.91 Å². The summed E-state index contributed by atoms with van der Waals surface area (Å²) in [6.45, 7) is 10.1. The fourth-order valence-electron chi connectivity index (χ4n) is 7.01. The largest absolute Gasteiger partial charge is 0.457 e. The molecule has 5 heterocycles. The summed E-state index contributed by atoms with van der Waals surface area (Å²) < 4.78 is 28.6. The molecule has 0 unspecified atom stereocenters. The number of piperazine rings is 1. The van der Waals surface area contributed by atoms with Gasteiger partial charge in [-0.2, -0.15) is 10.4 Å². The summed E-state index contributed by atoms with van der Waals surface area (Å²) in [5, 5.41) is 15.4. The number of halogens is 2. The number of ether oxygens (including phenoxy) is 2. The highest BCUT2D eigenvalue weighted by Gasteiger charge is 2.35. The molecule has 2 aromatic carbocycles. The van der Waals surface area contributed by atoms with E-state index in [4.69, 9.17) is 20.3 Å². The van der Waals surface area contributed by atoms with Gasteiger partial charge >= 0.3 is 0 Å². The van der Waals surface area contributed by atoms with Gasteiger partial charge in [-0.15, -0.1) is 12.4 Å². The summed E-state index contributed by atoms with van der Waals surface area (Å²) in [5.41, 5.74) is 6.97. The maximum atomic E-state index is 15.7. The van der Waals surface area contributed by atoms with Gasteiger partial charge in [0, 0.05) is 56.4 Å². The van der Waals surface area contributed by atoms with E-state index in [1.807, 2.05) is 24.3 Å². The van der Waals surface area contributed by atoms with E-state index < -0.39 is 11.4 Å². The van der Waals surface area contributed by atoms with Gasteiger partial charge in [-0.05, 0) is 57.0 Å². The summed E-state index contributed by atoms with van der Waals surface area (Å²) in [7, 11) is 0. The predicted octanol–water partition coefficient (Wildman–Crippen LogP) is 4.84. The molecular formula is C36H41ClFN9O3. The highest BCUT2D eigenvalue weighted by atomic mass is 35.5. The molecule has 12 nitrogen and oxygen atoms in total. The van der Waals surface area contributed by atoms with Crippen molar-refractivity contribution < 1.29 is 18.7 Å². The molecule has 2 aromatic heterocycles. The summed E-state index contributed by atoms with van der Waals surface area (Å²) in [6.07, 6.45) is 4.58. The standard InChI is InChI=1S/C36H40FN9O3.ClH/c1-36(2,45-15-13-43(14-16-45)26-21-48-22-26)18-24(19-38)35(47)44-12-6-7-25(20-44)46-34-31(33(39)40-23-41-34)32(42-46)29-11-10-28(17-30(29)37)49-27-8-4-3-5-9-27;/h3-5,8-11,17-18,23,25-26H,6-7,12-16,20-22H2,1-2H3,(H2,39,40,41);1H/b24-18-;/t25-;/m1./s1. The average Bonchev–Trinajstić information content (AvgIpc) is 3.48. The SMILES string of the molecule is CC(C)(/C=C(/C#N)C(=O)N1CCC[C@@H](n2nc(-c3ccc(Oc4ccccc4)cc3F)c3c(N)ncnc32)C1)N1CCN(C2COC2)CC1.Cl. The first-order chi connectivity index (χ1) is 23.7. The number of piperidine rings is 1. The van der Waals surface area contributed by atoms with Crippen molar-refractivity contribution in [2.45, 2.75) is 44.3 Å². The van der Waals surface area contributed by atoms with E-state index in [2.05, 4.69) is 39.7 Å². The number of amides is 1. The minimum atomic E-state index is -0.534. The maximum Gasteiger partial charge on any atom is 0.264 e. The van der Waals surface area contributed by atoms with Crippen LogP contribution in [0.4, 0.5) is 10.2 Å². The fourth-order valence-corrected chi connectivity index (χ4v) is 7.01. The van der Waals surface area contributed by atoms with E-state index in [0.717, 1.165) is 39.4 Å². The number of likely N-dealkylation sites (tertiary alicyclic amines) is 1. The first-order valence-electron chi connectivity index (χ1n) is 16.7. The van der Waals surface area contributed by atoms with Crippen LogP contribution < -0.4 is 10.5 Å². The third-order valence-corrected chi connectivity index (χ3v) is 9.84. The van der Waals surface area contributed by atoms with Gasteiger partial charge in [-0.25, -0.2) is 19.0 Å². The Bertz CT molecular complexity index is 1920. The second-order valence-corrected chi connectivity index (χ2v) is 13.4. The first kappa shape index (κ1) is 35.2. The van der Waals surface area contributed by atoms with Crippen LogP contribution >= 0.6 is 12.4 Å². The Labute approximate surface area is 296 Å². The number of para-hydroxylation sites is 1. The predicted molar refractivity (Wildman–Crippen MR) is 189 cm³/mol. The van der Waals surface area contributed by atoms with Gasteiger partial charge in [0.05, 0.1) is 30.7 Å². The van der Waals surface area contributed by atoms with Crippen LogP contribution in [0.25, 0.3) is 22.3 Å². The highest BCUT2D eigenvalue weighted by molar-refractivity contribution is 5.99. The molecule has 0 radical (unpaired) electrons. The van der Waals surface area contributed by atoms with Gasteiger partial charge < -0.3 is 20.1 Å². The van der Waals surface area contributed by atoms with Gasteiger partial charge in [0.1, 0.15) is 46.8 Å². The number of hydrogen-bond acceptors (Lipinski definition) is 10. The van der Waals surface area contributed by atoms with Crippen LogP contribution in [-0.2, 0) is 9.53 Å². The zero-order chi connectivity index (χ0) is 34.1. The molecule has 4 aromatic rings. The lowest BCUT2D eigenvalue weighted by atomic mass is 9.96. The highest BCUT2D eigenvalue weighted by Crippen LogP contribution is 2.36. The van der Waals surface area contributed by atoms with Crippen molar-refractivity contribution in [1.29, 1.82) is 5.26 Å². The van der Waals surface area contributed by atoms with Crippen LogP contribution in [0.15, 0.2) is 66.5 Å². The Balaban J connectivity index is 0.00000432. The minimum Gasteiger partial charge on any atom is -0.457 e. The van der Waals surface area contributed by atoms with Crippen molar-refractivity contribution in [3.8, 4) is 28.8 Å². The van der Waals surface area contributed by atoms with E-state index in [1.54, 1.807) is 33.8 Å². The van der Waals surface area contributed by atoms with Gasteiger partial charge in [-0.1, -0.05) is 18.2 Å². The molecule has 2 N–H and O–H groups in total. The van der Waals surface area contributed by atoms with Gasteiger partial charge in [-0.3, -0.25) is 14.6 Å². The van der Waals surface area contributed by atoms with Crippen LogP contribution in [0.1, 0.15) is 32.7 Å². The normalized spacial score (nSPS) is 19.4. The zero-order valence-electron chi connectivity index (χ0n) is 28.2. The third-order valence-electron chi connectivity index (χ3n) is 9.84. The molecule has 3 fully saturated rings. The number of nitriles is 1. The molecule has 3 aliphatic rings. The number of benzene rings is 2. The number of rotatable bonds is 8. The number of nitrogens with two attached hydrogens (primary N) is 1.